The average molecular weight is 318 g/mol. The molecule has 0 saturated heterocycles. The monoisotopic (exact) mass is 318 g/mol. The van der Waals surface area contributed by atoms with E-state index in [-0.39, 0.29) is 13.1 Å². The fraction of sp³-hybridized carbons (Fsp3) is 0.538. The van der Waals surface area contributed by atoms with Crippen LogP contribution >= 0.6 is 0 Å². The van der Waals surface area contributed by atoms with Crippen LogP contribution in [0.5, 0.6) is 11.5 Å². The molecule has 0 aliphatic carbocycles. The van der Waals surface area contributed by atoms with Gasteiger partial charge in [-0.3, -0.25) is 0 Å². The number of nitrogens with one attached hydrogen (secondary N) is 2. The van der Waals surface area contributed by atoms with Crippen molar-refractivity contribution >= 4 is 10.0 Å². The van der Waals surface area contributed by atoms with Crippen molar-refractivity contribution in [2.24, 2.45) is 0 Å². The highest BCUT2D eigenvalue weighted by molar-refractivity contribution is 7.88. The molecule has 0 aromatic heterocycles. The Hall–Kier alpha value is -1.35. The molecule has 0 fully saturated rings. The smallest absolute Gasteiger partial charge is 0.208 e. The van der Waals surface area contributed by atoms with Crippen LogP contribution in [0, 0.1) is 0 Å². The molecule has 0 amide bonds. The number of benzene rings is 1. The first-order valence-electron chi connectivity index (χ1n) is 6.42. The van der Waals surface area contributed by atoms with E-state index in [2.05, 4.69) is 10.0 Å². The van der Waals surface area contributed by atoms with E-state index >= 15 is 0 Å². The van der Waals surface area contributed by atoms with Gasteiger partial charge in [0.25, 0.3) is 0 Å². The summed E-state index contributed by atoms with van der Waals surface area (Å²) >= 11 is 0. The molecule has 3 N–H and O–H groups in total. The summed E-state index contributed by atoms with van der Waals surface area (Å²) in [5.41, 5.74) is 0.612. The van der Waals surface area contributed by atoms with Gasteiger partial charge in [-0.05, 0) is 18.2 Å². The van der Waals surface area contributed by atoms with Gasteiger partial charge in [-0.2, -0.15) is 0 Å². The maximum Gasteiger partial charge on any atom is 0.208 e. The van der Waals surface area contributed by atoms with Gasteiger partial charge in [0.1, 0.15) is 11.5 Å². The lowest BCUT2D eigenvalue weighted by atomic mass is 10.1. The first-order chi connectivity index (χ1) is 9.87. The Kier molecular flexibility index (Phi) is 6.90. The first-order valence-corrected chi connectivity index (χ1v) is 8.32. The van der Waals surface area contributed by atoms with Crippen LogP contribution in [0.2, 0.25) is 0 Å². The quantitative estimate of drug-likeness (QED) is 0.549. The van der Waals surface area contributed by atoms with Crippen molar-refractivity contribution in [3.05, 3.63) is 23.8 Å². The fourth-order valence-corrected chi connectivity index (χ4v) is 2.25. The van der Waals surface area contributed by atoms with Gasteiger partial charge in [0.2, 0.25) is 10.0 Å². The first kappa shape index (κ1) is 17.7. The molecule has 21 heavy (non-hydrogen) atoms. The third-order valence-electron chi connectivity index (χ3n) is 2.80. The predicted octanol–water partition coefficient (Wildman–Crippen LogP) is -0.124. The Labute approximate surface area is 125 Å². The van der Waals surface area contributed by atoms with Gasteiger partial charge in [-0.25, -0.2) is 13.1 Å². The molecule has 0 spiro atoms. The van der Waals surface area contributed by atoms with E-state index in [1.165, 1.54) is 7.11 Å². The molecule has 0 aliphatic heterocycles. The molecule has 0 bridgehead atoms. The van der Waals surface area contributed by atoms with E-state index in [4.69, 9.17) is 9.47 Å². The van der Waals surface area contributed by atoms with Crippen molar-refractivity contribution in [3.8, 4) is 11.5 Å². The van der Waals surface area contributed by atoms with Gasteiger partial charge in [0.15, 0.2) is 0 Å². The summed E-state index contributed by atoms with van der Waals surface area (Å²) in [5.74, 6) is 1.20. The zero-order chi connectivity index (χ0) is 15.9. The lowest BCUT2D eigenvalue weighted by Crippen LogP contribution is -2.33. The van der Waals surface area contributed by atoms with Gasteiger partial charge in [-0.15, -0.1) is 0 Å². The molecule has 0 saturated carbocycles. The molecule has 0 radical (unpaired) electrons. The van der Waals surface area contributed by atoms with Crippen LogP contribution in [0.4, 0.5) is 0 Å². The van der Waals surface area contributed by atoms with Gasteiger partial charge in [0.05, 0.1) is 26.6 Å². The largest absolute Gasteiger partial charge is 0.497 e. The summed E-state index contributed by atoms with van der Waals surface area (Å²) in [5, 5.41) is 13.1. The zero-order valence-electron chi connectivity index (χ0n) is 12.4. The summed E-state index contributed by atoms with van der Waals surface area (Å²) in [6.45, 7) is 0.951. The second kappa shape index (κ2) is 8.18. The van der Waals surface area contributed by atoms with E-state index in [1.807, 2.05) is 0 Å². The van der Waals surface area contributed by atoms with Gasteiger partial charge in [0, 0.05) is 25.2 Å². The van der Waals surface area contributed by atoms with Crippen molar-refractivity contribution in [3.63, 3.8) is 0 Å². The molecule has 0 aliphatic rings. The number of aliphatic hydroxyl groups excluding tert-OH is 1. The summed E-state index contributed by atoms with van der Waals surface area (Å²) in [6.07, 6.45) is 0.316. The van der Waals surface area contributed by atoms with Crippen LogP contribution in [0.3, 0.4) is 0 Å². The Morgan fingerprint density at radius 1 is 1.24 bits per heavy atom. The third-order valence-corrected chi connectivity index (χ3v) is 3.53. The summed E-state index contributed by atoms with van der Waals surface area (Å²) in [4.78, 5) is 0. The SMILES string of the molecule is COc1ccc(OC)c(C(O)CNCCNS(C)(=O)=O)c1. The van der Waals surface area contributed by atoms with E-state index < -0.39 is 16.1 Å². The Morgan fingerprint density at radius 3 is 2.52 bits per heavy atom. The highest BCUT2D eigenvalue weighted by Crippen LogP contribution is 2.28. The number of ether oxygens (including phenoxy) is 2. The molecule has 1 atom stereocenters. The summed E-state index contributed by atoms with van der Waals surface area (Å²) < 4.78 is 34.5. The van der Waals surface area contributed by atoms with E-state index in [9.17, 15) is 13.5 Å². The molecule has 120 valence electrons. The van der Waals surface area contributed by atoms with Crippen molar-refractivity contribution in [1.29, 1.82) is 0 Å². The minimum absolute atomic E-state index is 0.265. The fourth-order valence-electron chi connectivity index (χ4n) is 1.77. The average Bonchev–Trinajstić information content (AvgIpc) is 2.44. The van der Waals surface area contributed by atoms with Crippen molar-refractivity contribution in [2.75, 3.05) is 40.1 Å². The molecule has 1 aromatic carbocycles. The van der Waals surface area contributed by atoms with Crippen LogP contribution in [0.15, 0.2) is 18.2 Å². The number of rotatable bonds is 9. The van der Waals surface area contributed by atoms with Gasteiger partial charge in [-0.1, -0.05) is 0 Å². The van der Waals surface area contributed by atoms with Gasteiger partial charge < -0.3 is 19.9 Å². The normalized spacial score (nSPS) is 13.0. The Balaban J connectivity index is 2.53. The third kappa shape index (κ3) is 6.30. The van der Waals surface area contributed by atoms with Crippen LogP contribution in [0.1, 0.15) is 11.7 Å². The predicted molar refractivity (Wildman–Crippen MR) is 80.2 cm³/mol. The van der Waals surface area contributed by atoms with Crippen LogP contribution in [0.25, 0.3) is 0 Å². The maximum absolute atomic E-state index is 10.9. The molecular formula is C13H22N2O5S. The second-order valence-electron chi connectivity index (χ2n) is 4.49. The van der Waals surface area contributed by atoms with Gasteiger partial charge >= 0.3 is 0 Å². The highest BCUT2D eigenvalue weighted by atomic mass is 32.2. The molecule has 0 heterocycles. The second-order valence-corrected chi connectivity index (χ2v) is 6.33. The number of methoxy groups -OCH3 is 2. The number of hydrogen-bond donors (Lipinski definition) is 3. The highest BCUT2D eigenvalue weighted by Gasteiger charge is 2.14. The maximum atomic E-state index is 10.9. The standard InChI is InChI=1S/C13H22N2O5S/c1-19-10-4-5-13(20-2)11(8-10)12(16)9-14-6-7-15-21(3,17)18/h4-5,8,12,14-16H,6-7,9H2,1-3H3. The van der Waals surface area contributed by atoms with Crippen molar-refractivity contribution in [2.45, 2.75) is 6.10 Å². The topological polar surface area (TPSA) is 96.9 Å². The lowest BCUT2D eigenvalue weighted by Gasteiger charge is -2.16. The number of sulfonamides is 1. The minimum atomic E-state index is -3.19. The summed E-state index contributed by atoms with van der Waals surface area (Å²) in [7, 11) is -0.108. The molecule has 7 nitrogen and oxygen atoms in total. The van der Waals surface area contributed by atoms with Crippen molar-refractivity contribution < 1.29 is 23.0 Å². The van der Waals surface area contributed by atoms with Crippen LogP contribution < -0.4 is 19.5 Å². The minimum Gasteiger partial charge on any atom is -0.497 e. The molecule has 1 unspecified atom stereocenters. The molecule has 8 heteroatoms. The Morgan fingerprint density at radius 2 is 1.95 bits per heavy atom. The molecule has 1 aromatic rings. The zero-order valence-corrected chi connectivity index (χ0v) is 13.2. The van der Waals surface area contributed by atoms with E-state index in [0.29, 0.717) is 23.6 Å². The van der Waals surface area contributed by atoms with Crippen molar-refractivity contribution in [1.82, 2.24) is 10.0 Å². The van der Waals surface area contributed by atoms with E-state index in [0.717, 1.165) is 6.26 Å². The summed E-state index contributed by atoms with van der Waals surface area (Å²) in [6, 6.07) is 5.18. The van der Waals surface area contributed by atoms with Crippen LogP contribution in [-0.4, -0.2) is 53.6 Å². The lowest BCUT2D eigenvalue weighted by molar-refractivity contribution is 0.170. The molecule has 1 rings (SSSR count). The van der Waals surface area contributed by atoms with E-state index in [1.54, 1.807) is 25.3 Å². The van der Waals surface area contributed by atoms with Crippen LogP contribution in [-0.2, 0) is 10.0 Å². The number of aliphatic hydroxyl groups is 1. The Bertz CT molecular complexity index is 547. The number of hydrogen-bond acceptors (Lipinski definition) is 6. The molecular weight excluding hydrogens is 296 g/mol.